The highest BCUT2D eigenvalue weighted by Gasteiger charge is 2.09. The Kier molecular flexibility index (Phi) is 3.60. The summed E-state index contributed by atoms with van der Waals surface area (Å²) in [5, 5.41) is 4.22. The largest absolute Gasteiger partial charge is 0.294 e. The quantitative estimate of drug-likeness (QED) is 0.772. The van der Waals surface area contributed by atoms with Crippen LogP contribution in [0.5, 0.6) is 0 Å². The van der Waals surface area contributed by atoms with Crippen LogP contribution in [0.3, 0.4) is 0 Å². The van der Waals surface area contributed by atoms with Crippen molar-refractivity contribution in [2.75, 3.05) is 0 Å². The van der Waals surface area contributed by atoms with Gasteiger partial charge in [0.15, 0.2) is 5.78 Å². The standard InChI is InChI=1S/C15H18N2O/c1-11(2)12-4-6-13(7-5-12)15(18)10-14-8-9-17(3)16-14/h4-9,11H,10H2,1-3H3. The fourth-order valence-corrected chi connectivity index (χ4v) is 1.88. The molecule has 0 saturated heterocycles. The van der Waals surface area contributed by atoms with Crippen LogP contribution in [-0.2, 0) is 13.5 Å². The average Bonchev–Trinajstić information content (AvgIpc) is 2.75. The molecular formula is C15H18N2O. The van der Waals surface area contributed by atoms with E-state index in [1.165, 1.54) is 5.56 Å². The van der Waals surface area contributed by atoms with E-state index in [-0.39, 0.29) is 5.78 Å². The zero-order valence-corrected chi connectivity index (χ0v) is 11.1. The number of carbonyl (C=O) groups excluding carboxylic acids is 1. The molecule has 2 aromatic rings. The molecule has 1 aromatic carbocycles. The van der Waals surface area contributed by atoms with E-state index in [1.807, 2.05) is 43.6 Å². The van der Waals surface area contributed by atoms with E-state index in [1.54, 1.807) is 4.68 Å². The SMILES string of the molecule is CC(C)c1ccc(C(=O)Cc2ccn(C)n2)cc1. The van der Waals surface area contributed by atoms with Crippen LogP contribution in [0.4, 0.5) is 0 Å². The van der Waals surface area contributed by atoms with Crippen molar-refractivity contribution in [1.82, 2.24) is 9.78 Å². The summed E-state index contributed by atoms with van der Waals surface area (Å²) in [6, 6.07) is 9.73. The van der Waals surface area contributed by atoms with Gasteiger partial charge in [0.1, 0.15) is 0 Å². The third-order valence-corrected chi connectivity index (χ3v) is 3.01. The van der Waals surface area contributed by atoms with Crippen molar-refractivity contribution >= 4 is 5.78 Å². The molecule has 0 saturated carbocycles. The second-order valence-electron chi connectivity index (χ2n) is 4.86. The van der Waals surface area contributed by atoms with Crippen LogP contribution in [0.1, 0.15) is 41.4 Å². The maximum atomic E-state index is 12.1. The monoisotopic (exact) mass is 242 g/mol. The van der Waals surface area contributed by atoms with E-state index < -0.39 is 0 Å². The van der Waals surface area contributed by atoms with Gasteiger partial charge in [-0.05, 0) is 17.5 Å². The van der Waals surface area contributed by atoms with Crippen LogP contribution in [0, 0.1) is 0 Å². The van der Waals surface area contributed by atoms with Crippen molar-refractivity contribution in [2.45, 2.75) is 26.2 Å². The topological polar surface area (TPSA) is 34.9 Å². The van der Waals surface area contributed by atoms with Crippen LogP contribution in [0.2, 0.25) is 0 Å². The summed E-state index contributed by atoms with van der Waals surface area (Å²) in [5.74, 6) is 0.606. The molecular weight excluding hydrogens is 224 g/mol. The summed E-state index contributed by atoms with van der Waals surface area (Å²) in [7, 11) is 1.85. The highest BCUT2D eigenvalue weighted by Crippen LogP contribution is 2.15. The van der Waals surface area contributed by atoms with Crippen molar-refractivity contribution in [3.8, 4) is 0 Å². The lowest BCUT2D eigenvalue weighted by Gasteiger charge is -2.05. The predicted molar refractivity (Wildman–Crippen MR) is 71.8 cm³/mol. The van der Waals surface area contributed by atoms with E-state index in [9.17, 15) is 4.79 Å². The van der Waals surface area contributed by atoms with Gasteiger partial charge in [-0.3, -0.25) is 9.48 Å². The van der Waals surface area contributed by atoms with Crippen molar-refractivity contribution in [1.29, 1.82) is 0 Å². The first-order chi connectivity index (χ1) is 8.56. The Morgan fingerprint density at radius 2 is 1.89 bits per heavy atom. The number of aryl methyl sites for hydroxylation is 1. The second kappa shape index (κ2) is 5.17. The third-order valence-electron chi connectivity index (χ3n) is 3.01. The predicted octanol–water partition coefficient (Wildman–Crippen LogP) is 2.97. The molecule has 0 aliphatic carbocycles. The first kappa shape index (κ1) is 12.6. The van der Waals surface area contributed by atoms with E-state index in [0.717, 1.165) is 11.3 Å². The summed E-state index contributed by atoms with van der Waals surface area (Å²) >= 11 is 0. The van der Waals surface area contributed by atoms with Crippen molar-refractivity contribution < 1.29 is 4.79 Å². The molecule has 2 rings (SSSR count). The lowest BCUT2D eigenvalue weighted by Crippen LogP contribution is -2.05. The molecule has 0 aliphatic rings. The maximum Gasteiger partial charge on any atom is 0.168 e. The minimum Gasteiger partial charge on any atom is -0.294 e. The van der Waals surface area contributed by atoms with Crippen molar-refractivity contribution in [3.63, 3.8) is 0 Å². The Hall–Kier alpha value is -1.90. The van der Waals surface area contributed by atoms with E-state index in [2.05, 4.69) is 18.9 Å². The van der Waals surface area contributed by atoms with E-state index in [4.69, 9.17) is 0 Å². The average molecular weight is 242 g/mol. The van der Waals surface area contributed by atoms with Crippen molar-refractivity contribution in [2.24, 2.45) is 7.05 Å². The van der Waals surface area contributed by atoms with Gasteiger partial charge in [-0.1, -0.05) is 38.1 Å². The molecule has 0 bridgehead atoms. The summed E-state index contributed by atoms with van der Waals surface area (Å²) in [5.41, 5.74) is 2.82. The number of hydrogen-bond donors (Lipinski definition) is 0. The van der Waals surface area contributed by atoms with Gasteiger partial charge in [-0.25, -0.2) is 0 Å². The molecule has 0 amide bonds. The van der Waals surface area contributed by atoms with Crippen LogP contribution >= 0.6 is 0 Å². The number of ketones is 1. The number of benzene rings is 1. The third kappa shape index (κ3) is 2.86. The van der Waals surface area contributed by atoms with E-state index >= 15 is 0 Å². The van der Waals surface area contributed by atoms with Gasteiger partial charge in [0.05, 0.1) is 12.1 Å². The Bertz CT molecular complexity index is 538. The number of Topliss-reactive ketones (excluding diaryl/α,β-unsaturated/α-hetero) is 1. The lowest BCUT2D eigenvalue weighted by atomic mass is 9.99. The van der Waals surface area contributed by atoms with Gasteiger partial charge in [0.2, 0.25) is 0 Å². The summed E-state index contributed by atoms with van der Waals surface area (Å²) in [4.78, 5) is 12.1. The highest BCUT2D eigenvalue weighted by atomic mass is 16.1. The molecule has 0 unspecified atom stereocenters. The van der Waals surface area contributed by atoms with Gasteiger partial charge >= 0.3 is 0 Å². The van der Waals surface area contributed by atoms with Gasteiger partial charge in [-0.2, -0.15) is 5.10 Å². The Morgan fingerprint density at radius 1 is 1.22 bits per heavy atom. The van der Waals surface area contributed by atoms with Gasteiger partial charge in [0.25, 0.3) is 0 Å². The van der Waals surface area contributed by atoms with Crippen LogP contribution in [0.25, 0.3) is 0 Å². The summed E-state index contributed by atoms with van der Waals surface area (Å²) < 4.78 is 1.71. The molecule has 1 aromatic heterocycles. The molecule has 0 spiro atoms. The normalized spacial score (nSPS) is 10.9. The molecule has 0 aliphatic heterocycles. The zero-order valence-electron chi connectivity index (χ0n) is 11.1. The second-order valence-corrected chi connectivity index (χ2v) is 4.86. The van der Waals surface area contributed by atoms with Crippen LogP contribution in [-0.4, -0.2) is 15.6 Å². The Morgan fingerprint density at radius 3 is 2.39 bits per heavy atom. The number of nitrogens with zero attached hydrogens (tertiary/aromatic N) is 2. The molecule has 18 heavy (non-hydrogen) atoms. The first-order valence-electron chi connectivity index (χ1n) is 6.18. The van der Waals surface area contributed by atoms with Gasteiger partial charge in [0, 0.05) is 18.8 Å². The van der Waals surface area contributed by atoms with Crippen molar-refractivity contribution in [3.05, 3.63) is 53.3 Å². The zero-order chi connectivity index (χ0) is 13.1. The van der Waals surface area contributed by atoms with Gasteiger partial charge in [-0.15, -0.1) is 0 Å². The first-order valence-corrected chi connectivity index (χ1v) is 6.18. The summed E-state index contributed by atoms with van der Waals surface area (Å²) in [6.07, 6.45) is 2.21. The molecule has 0 N–H and O–H groups in total. The maximum absolute atomic E-state index is 12.1. The minimum absolute atomic E-state index is 0.115. The molecule has 0 fully saturated rings. The van der Waals surface area contributed by atoms with Crippen LogP contribution < -0.4 is 0 Å². The molecule has 0 radical (unpaired) electrons. The minimum atomic E-state index is 0.115. The molecule has 94 valence electrons. The fourth-order valence-electron chi connectivity index (χ4n) is 1.88. The highest BCUT2D eigenvalue weighted by molar-refractivity contribution is 5.97. The molecule has 1 heterocycles. The molecule has 0 atom stereocenters. The Labute approximate surface area is 107 Å². The smallest absolute Gasteiger partial charge is 0.168 e. The number of carbonyl (C=O) groups is 1. The molecule has 3 nitrogen and oxygen atoms in total. The van der Waals surface area contributed by atoms with E-state index in [0.29, 0.717) is 12.3 Å². The Balaban J connectivity index is 2.09. The number of aromatic nitrogens is 2. The fraction of sp³-hybridized carbons (Fsp3) is 0.333. The number of rotatable bonds is 4. The summed E-state index contributed by atoms with van der Waals surface area (Å²) in [6.45, 7) is 4.29. The van der Waals surface area contributed by atoms with Crippen LogP contribution in [0.15, 0.2) is 36.5 Å². The van der Waals surface area contributed by atoms with Gasteiger partial charge < -0.3 is 0 Å². The number of hydrogen-bond acceptors (Lipinski definition) is 2. The lowest BCUT2D eigenvalue weighted by molar-refractivity contribution is 0.0992. The molecule has 3 heteroatoms.